The van der Waals surface area contributed by atoms with Gasteiger partial charge in [0.1, 0.15) is 5.76 Å². The molecule has 0 radical (unpaired) electrons. The Kier molecular flexibility index (Phi) is 5.23. The average Bonchev–Trinajstić information content (AvgIpc) is 3.07. The molecule has 0 bridgehead atoms. The van der Waals surface area contributed by atoms with Gasteiger partial charge in [-0.05, 0) is 48.5 Å². The number of benzene rings is 2. The van der Waals surface area contributed by atoms with Crippen molar-refractivity contribution in [2.75, 3.05) is 5.32 Å². The molecule has 0 aliphatic carbocycles. The number of furan rings is 1. The molecule has 8 heteroatoms. The molecular weight excluding hydrogens is 401 g/mol. The molecule has 3 rings (SSSR count). The van der Waals surface area contributed by atoms with Gasteiger partial charge in [0, 0.05) is 10.6 Å². The van der Waals surface area contributed by atoms with Crippen LogP contribution in [-0.2, 0) is 0 Å². The van der Waals surface area contributed by atoms with Gasteiger partial charge in [0.05, 0.1) is 21.3 Å². The van der Waals surface area contributed by atoms with Crippen LogP contribution in [0.4, 0.5) is 5.69 Å². The molecule has 3 aromatic rings. The van der Waals surface area contributed by atoms with Crippen LogP contribution in [0, 0.1) is 0 Å². The van der Waals surface area contributed by atoms with E-state index in [9.17, 15) is 9.59 Å². The van der Waals surface area contributed by atoms with Crippen molar-refractivity contribution < 1.29 is 19.1 Å². The predicted octanol–water partition coefficient (Wildman–Crippen LogP) is 5.86. The lowest BCUT2D eigenvalue weighted by atomic mass is 10.2. The van der Waals surface area contributed by atoms with Gasteiger partial charge in [-0.25, -0.2) is 4.79 Å². The van der Waals surface area contributed by atoms with E-state index in [0.29, 0.717) is 10.8 Å². The van der Waals surface area contributed by atoms with Crippen LogP contribution in [0.2, 0.25) is 15.1 Å². The molecular formula is C18H10Cl3NO4. The Bertz CT molecular complexity index is 996. The molecule has 0 spiro atoms. The van der Waals surface area contributed by atoms with Gasteiger partial charge in [-0.15, -0.1) is 0 Å². The van der Waals surface area contributed by atoms with E-state index < -0.39 is 11.9 Å². The third-order valence-electron chi connectivity index (χ3n) is 3.49. The first-order valence-electron chi connectivity index (χ1n) is 7.24. The van der Waals surface area contributed by atoms with Crippen molar-refractivity contribution in [3.05, 3.63) is 74.9 Å². The predicted molar refractivity (Wildman–Crippen MR) is 101 cm³/mol. The van der Waals surface area contributed by atoms with Crippen molar-refractivity contribution in [1.29, 1.82) is 0 Å². The summed E-state index contributed by atoms with van der Waals surface area (Å²) in [5.74, 6) is -1.28. The highest BCUT2D eigenvalue weighted by Crippen LogP contribution is 2.30. The van der Waals surface area contributed by atoms with Gasteiger partial charge >= 0.3 is 5.97 Å². The minimum absolute atomic E-state index is 0.0245. The number of hydrogen-bond acceptors (Lipinski definition) is 3. The second-order valence-corrected chi connectivity index (χ2v) is 6.49. The molecule has 1 heterocycles. The largest absolute Gasteiger partial charge is 0.478 e. The number of anilines is 1. The average molecular weight is 411 g/mol. The summed E-state index contributed by atoms with van der Waals surface area (Å²) in [6.07, 6.45) is 0. The van der Waals surface area contributed by atoms with Crippen molar-refractivity contribution in [3.8, 4) is 11.3 Å². The quantitative estimate of drug-likeness (QED) is 0.565. The van der Waals surface area contributed by atoms with Crippen molar-refractivity contribution >= 4 is 52.4 Å². The van der Waals surface area contributed by atoms with Crippen LogP contribution in [0.3, 0.4) is 0 Å². The summed E-state index contributed by atoms with van der Waals surface area (Å²) in [6, 6.07) is 12.5. The lowest BCUT2D eigenvalue weighted by molar-refractivity contribution is 0.0696. The van der Waals surface area contributed by atoms with Crippen LogP contribution in [0.25, 0.3) is 11.3 Å². The van der Waals surface area contributed by atoms with E-state index >= 15 is 0 Å². The summed E-state index contributed by atoms with van der Waals surface area (Å²) < 4.78 is 5.54. The first-order valence-corrected chi connectivity index (χ1v) is 8.38. The molecule has 2 N–H and O–H groups in total. The summed E-state index contributed by atoms with van der Waals surface area (Å²) in [6.45, 7) is 0. The van der Waals surface area contributed by atoms with E-state index in [-0.39, 0.29) is 27.1 Å². The van der Waals surface area contributed by atoms with Gasteiger partial charge in [-0.2, -0.15) is 0 Å². The number of hydrogen-bond donors (Lipinski definition) is 2. The number of aromatic carboxylic acids is 1. The van der Waals surface area contributed by atoms with Crippen molar-refractivity contribution in [3.63, 3.8) is 0 Å². The number of carbonyl (C=O) groups excluding carboxylic acids is 1. The van der Waals surface area contributed by atoms with Crippen LogP contribution in [-0.4, -0.2) is 17.0 Å². The molecule has 132 valence electrons. The number of amides is 1. The molecule has 1 aromatic heterocycles. The maximum absolute atomic E-state index is 12.4. The fourth-order valence-electron chi connectivity index (χ4n) is 2.22. The first-order chi connectivity index (χ1) is 12.3. The highest BCUT2D eigenvalue weighted by atomic mass is 35.5. The normalized spacial score (nSPS) is 10.6. The van der Waals surface area contributed by atoms with Crippen molar-refractivity contribution in [1.82, 2.24) is 0 Å². The minimum atomic E-state index is -1.23. The van der Waals surface area contributed by atoms with E-state index in [1.807, 2.05) is 0 Å². The maximum Gasteiger partial charge on any atom is 0.337 e. The highest BCUT2D eigenvalue weighted by Gasteiger charge is 2.17. The molecule has 0 saturated heterocycles. The molecule has 0 unspecified atom stereocenters. The molecule has 0 aliphatic rings. The van der Waals surface area contributed by atoms with Crippen LogP contribution in [0.15, 0.2) is 52.9 Å². The summed E-state index contributed by atoms with van der Waals surface area (Å²) in [4.78, 5) is 23.5. The molecule has 26 heavy (non-hydrogen) atoms. The fourth-order valence-corrected chi connectivity index (χ4v) is 2.86. The topological polar surface area (TPSA) is 79.5 Å². The summed E-state index contributed by atoms with van der Waals surface area (Å²) in [5, 5.41) is 12.3. The Balaban J connectivity index is 1.84. The number of rotatable bonds is 4. The zero-order valence-corrected chi connectivity index (χ0v) is 15.2. The number of carboxylic acids is 1. The lowest BCUT2D eigenvalue weighted by Gasteiger charge is -2.08. The van der Waals surface area contributed by atoms with Crippen molar-refractivity contribution in [2.45, 2.75) is 0 Å². The Hall–Kier alpha value is -2.47. The van der Waals surface area contributed by atoms with Gasteiger partial charge < -0.3 is 14.8 Å². The Morgan fingerprint density at radius 2 is 1.62 bits per heavy atom. The second-order valence-electron chi connectivity index (χ2n) is 5.24. The zero-order chi connectivity index (χ0) is 18.8. The summed E-state index contributed by atoms with van der Waals surface area (Å²) in [7, 11) is 0. The monoisotopic (exact) mass is 409 g/mol. The molecule has 0 atom stereocenters. The van der Waals surface area contributed by atoms with Gasteiger partial charge in [-0.3, -0.25) is 4.79 Å². The Labute approximate surface area is 163 Å². The van der Waals surface area contributed by atoms with Gasteiger partial charge in [0.2, 0.25) is 0 Å². The van der Waals surface area contributed by atoms with E-state index in [1.54, 1.807) is 30.3 Å². The van der Waals surface area contributed by atoms with E-state index in [4.69, 9.17) is 44.3 Å². The van der Waals surface area contributed by atoms with E-state index in [1.165, 1.54) is 18.2 Å². The second kappa shape index (κ2) is 7.41. The third kappa shape index (κ3) is 3.85. The number of carbonyl (C=O) groups is 2. The zero-order valence-electron chi connectivity index (χ0n) is 12.9. The lowest BCUT2D eigenvalue weighted by Crippen LogP contribution is -2.12. The van der Waals surface area contributed by atoms with Crippen molar-refractivity contribution in [2.24, 2.45) is 0 Å². The number of halogens is 3. The minimum Gasteiger partial charge on any atom is -0.478 e. The van der Waals surface area contributed by atoms with E-state index in [2.05, 4.69) is 5.32 Å². The van der Waals surface area contributed by atoms with Gasteiger partial charge in [0.15, 0.2) is 5.76 Å². The molecule has 0 saturated carbocycles. The standard InChI is InChI=1S/C18H10Cl3NO4/c19-10-3-1-9(2-4-10)15-5-6-16(26-15)17(23)22-14-7-11(18(24)25)12(20)8-13(14)21/h1-8H,(H,22,23)(H,24,25). The molecule has 2 aromatic carbocycles. The molecule has 0 aliphatic heterocycles. The Morgan fingerprint density at radius 1 is 0.923 bits per heavy atom. The number of carboxylic acid groups (broad SMARTS) is 1. The van der Waals surface area contributed by atoms with E-state index in [0.717, 1.165) is 5.56 Å². The summed E-state index contributed by atoms with van der Waals surface area (Å²) in [5.41, 5.74) is 0.696. The molecule has 1 amide bonds. The van der Waals surface area contributed by atoms with Crippen LogP contribution in [0.1, 0.15) is 20.9 Å². The Morgan fingerprint density at radius 3 is 2.27 bits per heavy atom. The third-order valence-corrected chi connectivity index (χ3v) is 4.37. The van der Waals surface area contributed by atoms with Gasteiger partial charge in [-0.1, -0.05) is 34.8 Å². The van der Waals surface area contributed by atoms with Crippen LogP contribution in [0.5, 0.6) is 0 Å². The summed E-state index contributed by atoms with van der Waals surface area (Å²) >= 11 is 17.7. The number of nitrogens with one attached hydrogen (secondary N) is 1. The SMILES string of the molecule is O=C(Nc1cc(C(=O)O)c(Cl)cc1Cl)c1ccc(-c2ccc(Cl)cc2)o1. The maximum atomic E-state index is 12.4. The highest BCUT2D eigenvalue weighted by molar-refractivity contribution is 6.38. The fraction of sp³-hybridized carbons (Fsp3) is 0. The van der Waals surface area contributed by atoms with Gasteiger partial charge in [0.25, 0.3) is 5.91 Å². The smallest absolute Gasteiger partial charge is 0.337 e. The van der Waals surface area contributed by atoms with Crippen LogP contribution >= 0.6 is 34.8 Å². The van der Waals surface area contributed by atoms with Crippen LogP contribution < -0.4 is 5.32 Å². The molecule has 0 fully saturated rings. The first kappa shape index (κ1) is 18.3. The molecule has 5 nitrogen and oxygen atoms in total.